The normalized spacial score (nSPS) is 9.39. The number of rotatable bonds is 4. The second kappa shape index (κ2) is 8.67. The summed E-state index contributed by atoms with van der Waals surface area (Å²) < 4.78 is 0. The zero-order chi connectivity index (χ0) is 17.4. The lowest BCUT2D eigenvalue weighted by atomic mass is 9.80. The summed E-state index contributed by atoms with van der Waals surface area (Å²) in [5.41, 5.74) is 0.0766. The van der Waals surface area contributed by atoms with Crippen molar-refractivity contribution in [3.8, 4) is 0 Å². The molecule has 0 radical (unpaired) electrons. The van der Waals surface area contributed by atoms with Gasteiger partial charge in [-0.25, -0.2) is 0 Å². The topological polar surface area (TPSA) is 113 Å². The third kappa shape index (κ3) is 5.21. The summed E-state index contributed by atoms with van der Waals surface area (Å²) in [5.74, 6) is -0.450. The number of nitro benzene ring substituents is 1. The summed E-state index contributed by atoms with van der Waals surface area (Å²) in [7, 11) is -1.86. The highest BCUT2D eigenvalue weighted by Crippen LogP contribution is 2.17. The van der Waals surface area contributed by atoms with Gasteiger partial charge in [-0.1, -0.05) is 32.0 Å². The summed E-state index contributed by atoms with van der Waals surface area (Å²) in [4.78, 5) is 22.1. The molecular weight excluding hydrogens is 299 g/mol. The zero-order valence-corrected chi connectivity index (χ0v) is 12.8. The van der Waals surface area contributed by atoms with Gasteiger partial charge in [0.25, 0.3) is 11.6 Å². The van der Waals surface area contributed by atoms with E-state index in [1.54, 1.807) is 30.3 Å². The predicted octanol–water partition coefficient (Wildman–Crippen LogP) is 1.55. The Kier molecular flexibility index (Phi) is 6.91. The first-order valence-electron chi connectivity index (χ1n) is 6.99. The molecule has 0 fully saturated rings. The Morgan fingerprint density at radius 2 is 1.74 bits per heavy atom. The minimum Gasteiger partial charge on any atom is -0.423 e. The predicted molar refractivity (Wildman–Crippen MR) is 88.7 cm³/mol. The fourth-order valence-corrected chi connectivity index (χ4v) is 1.75. The minimum atomic E-state index is -1.86. The molecule has 0 aliphatic rings. The molecule has 3 N–H and O–H groups in total. The summed E-state index contributed by atoms with van der Waals surface area (Å²) in [6.07, 6.45) is 0. The van der Waals surface area contributed by atoms with Crippen molar-refractivity contribution in [2.75, 3.05) is 5.32 Å². The maximum Gasteiger partial charge on any atom is 0.488 e. The van der Waals surface area contributed by atoms with Gasteiger partial charge in [-0.05, 0) is 23.7 Å². The van der Waals surface area contributed by atoms with Crippen LogP contribution in [-0.2, 0) is 0 Å². The van der Waals surface area contributed by atoms with Gasteiger partial charge in [0, 0.05) is 23.4 Å². The van der Waals surface area contributed by atoms with Crippen LogP contribution in [0.15, 0.2) is 48.5 Å². The number of amides is 1. The fraction of sp³-hybridized carbons (Fsp3) is 0.133. The van der Waals surface area contributed by atoms with Gasteiger partial charge in [-0.3, -0.25) is 14.9 Å². The van der Waals surface area contributed by atoms with Crippen LogP contribution < -0.4 is 10.8 Å². The Labute approximate surface area is 133 Å². The molecule has 2 aromatic rings. The number of carbonyl (C=O) groups excluding carboxylic acids is 1. The lowest BCUT2D eigenvalue weighted by Crippen LogP contribution is -2.30. The molecule has 0 aromatic heterocycles. The smallest absolute Gasteiger partial charge is 0.423 e. The maximum absolute atomic E-state index is 12.0. The van der Waals surface area contributed by atoms with Crippen LogP contribution in [0.5, 0.6) is 0 Å². The molecule has 0 heterocycles. The van der Waals surface area contributed by atoms with Gasteiger partial charge in [0.2, 0.25) is 0 Å². The van der Waals surface area contributed by atoms with Crippen molar-refractivity contribution in [3.63, 3.8) is 0 Å². The van der Waals surface area contributed by atoms with Crippen molar-refractivity contribution >= 4 is 29.9 Å². The number of nitrogens with one attached hydrogen (secondary N) is 1. The number of nitro groups is 1. The van der Waals surface area contributed by atoms with E-state index in [1.807, 2.05) is 13.8 Å². The molecule has 2 aromatic carbocycles. The first-order valence-corrected chi connectivity index (χ1v) is 6.99. The van der Waals surface area contributed by atoms with Crippen molar-refractivity contribution in [1.29, 1.82) is 0 Å². The van der Waals surface area contributed by atoms with E-state index < -0.39 is 17.9 Å². The number of benzene rings is 2. The van der Waals surface area contributed by atoms with Gasteiger partial charge < -0.3 is 15.4 Å². The van der Waals surface area contributed by atoms with E-state index in [0.717, 1.165) is 12.1 Å². The van der Waals surface area contributed by atoms with E-state index in [-0.39, 0.29) is 16.8 Å². The lowest BCUT2D eigenvalue weighted by molar-refractivity contribution is -0.384. The average Bonchev–Trinajstić information content (AvgIpc) is 2.57. The van der Waals surface area contributed by atoms with Crippen LogP contribution in [0, 0.1) is 10.1 Å². The molecule has 8 heteroatoms. The van der Waals surface area contributed by atoms with Crippen molar-refractivity contribution in [3.05, 3.63) is 64.2 Å². The molecular formula is C15H17BN2O5. The second-order valence-electron chi connectivity index (χ2n) is 4.26. The van der Waals surface area contributed by atoms with E-state index in [0.29, 0.717) is 5.56 Å². The second-order valence-corrected chi connectivity index (χ2v) is 4.26. The van der Waals surface area contributed by atoms with Crippen molar-refractivity contribution in [1.82, 2.24) is 0 Å². The summed E-state index contributed by atoms with van der Waals surface area (Å²) in [5, 5.41) is 31.5. The van der Waals surface area contributed by atoms with Gasteiger partial charge in [0.05, 0.1) is 4.92 Å². The summed E-state index contributed by atoms with van der Waals surface area (Å²) in [6, 6.07) is 11.7. The van der Waals surface area contributed by atoms with Crippen LogP contribution in [0.1, 0.15) is 24.2 Å². The van der Waals surface area contributed by atoms with Crippen LogP contribution in [0.25, 0.3) is 0 Å². The Hall–Kier alpha value is -2.71. The maximum atomic E-state index is 12.0. The molecule has 120 valence electrons. The van der Waals surface area contributed by atoms with E-state index >= 15 is 0 Å². The number of anilines is 1. The van der Waals surface area contributed by atoms with E-state index in [9.17, 15) is 14.9 Å². The first-order chi connectivity index (χ1) is 11.0. The summed E-state index contributed by atoms with van der Waals surface area (Å²) >= 11 is 0. The van der Waals surface area contributed by atoms with Gasteiger partial charge in [0.1, 0.15) is 0 Å². The largest absolute Gasteiger partial charge is 0.488 e. The monoisotopic (exact) mass is 316 g/mol. The quantitative estimate of drug-likeness (QED) is 0.450. The number of carbonyl (C=O) groups is 1. The molecule has 0 atom stereocenters. The lowest BCUT2D eigenvalue weighted by Gasteiger charge is -2.07. The van der Waals surface area contributed by atoms with E-state index in [4.69, 9.17) is 10.0 Å². The fourth-order valence-electron chi connectivity index (χ4n) is 1.75. The molecule has 0 saturated carbocycles. The average molecular weight is 316 g/mol. The Balaban J connectivity index is 0.00000127. The molecule has 0 bridgehead atoms. The molecule has 2 rings (SSSR count). The molecule has 1 amide bonds. The highest BCUT2D eigenvalue weighted by Gasteiger charge is 2.18. The highest BCUT2D eigenvalue weighted by atomic mass is 16.6. The van der Waals surface area contributed by atoms with Crippen LogP contribution in [0.3, 0.4) is 0 Å². The van der Waals surface area contributed by atoms with Crippen molar-refractivity contribution in [2.24, 2.45) is 0 Å². The van der Waals surface area contributed by atoms with Crippen LogP contribution >= 0.6 is 0 Å². The van der Waals surface area contributed by atoms with E-state index in [2.05, 4.69) is 5.32 Å². The van der Waals surface area contributed by atoms with Crippen LogP contribution in [0.4, 0.5) is 11.4 Å². The molecule has 0 spiro atoms. The molecule has 7 nitrogen and oxygen atoms in total. The zero-order valence-electron chi connectivity index (χ0n) is 12.8. The van der Waals surface area contributed by atoms with Crippen LogP contribution in [-0.4, -0.2) is 28.0 Å². The molecule has 0 aliphatic heterocycles. The molecule has 0 saturated heterocycles. The Bertz CT molecular complexity index is 677. The van der Waals surface area contributed by atoms with Crippen molar-refractivity contribution in [2.45, 2.75) is 13.8 Å². The SMILES string of the molecule is CC.O=C(Nc1cc(B(O)O)cc([N+](=O)[O-])c1)c1ccccc1. The van der Waals surface area contributed by atoms with E-state index in [1.165, 1.54) is 6.07 Å². The van der Waals surface area contributed by atoms with Gasteiger partial charge >= 0.3 is 7.12 Å². The number of nitrogens with zero attached hydrogens (tertiary/aromatic N) is 1. The first kappa shape index (κ1) is 18.3. The highest BCUT2D eigenvalue weighted by molar-refractivity contribution is 6.58. The summed E-state index contributed by atoms with van der Waals surface area (Å²) in [6.45, 7) is 4.00. The minimum absolute atomic E-state index is 0.0763. The van der Waals surface area contributed by atoms with Gasteiger partial charge in [-0.2, -0.15) is 0 Å². The number of hydrogen-bond donors (Lipinski definition) is 3. The Morgan fingerprint density at radius 1 is 1.13 bits per heavy atom. The van der Waals surface area contributed by atoms with Gasteiger partial charge in [0.15, 0.2) is 0 Å². The number of hydrogen-bond acceptors (Lipinski definition) is 5. The Morgan fingerprint density at radius 3 is 2.26 bits per heavy atom. The standard InChI is InChI=1S/C13H11BN2O5.C2H6/c17-13(9-4-2-1-3-5-9)15-11-6-10(14(18)19)7-12(8-11)16(20)21;1-2/h1-8,18-19H,(H,15,17);1-2H3. The molecule has 0 unspecified atom stereocenters. The van der Waals surface area contributed by atoms with Crippen molar-refractivity contribution < 1.29 is 19.8 Å². The third-order valence-corrected chi connectivity index (χ3v) is 2.74. The van der Waals surface area contributed by atoms with Crippen LogP contribution in [0.2, 0.25) is 0 Å². The number of non-ortho nitro benzene ring substituents is 1. The van der Waals surface area contributed by atoms with Gasteiger partial charge in [-0.15, -0.1) is 0 Å². The third-order valence-electron chi connectivity index (χ3n) is 2.74. The molecule has 23 heavy (non-hydrogen) atoms. The molecule has 0 aliphatic carbocycles.